The van der Waals surface area contributed by atoms with Crippen LogP contribution in [0.25, 0.3) is 24.3 Å². The lowest BCUT2D eigenvalue weighted by Crippen LogP contribution is -2.27. The third kappa shape index (κ3) is 34.2. The lowest BCUT2D eigenvalue weighted by atomic mass is 9.91. The van der Waals surface area contributed by atoms with Crippen molar-refractivity contribution >= 4 is 60.1 Å². The fraction of sp³-hybridized carbons (Fsp3) is 0.365. The summed E-state index contributed by atoms with van der Waals surface area (Å²) in [4.78, 5) is 67.2. The highest BCUT2D eigenvalue weighted by atomic mass is 16.6. The molecule has 418 valence electrons. The SMILES string of the molecule is C=COC(=O)/C=C/c1ccccc1.CCC(C)(C)C(=O)OC.CCC(C)(C)C(=O)OCCOC(=O)/C=C/c1ccccc1.CCCCC(CC)COC(=O)/C=C/c1ccc(OC)cc1.COC(=O)/C=C/c1ccc(O)cc1. The molecule has 0 aromatic heterocycles. The van der Waals surface area contributed by atoms with Gasteiger partial charge in [0.25, 0.3) is 0 Å². The summed E-state index contributed by atoms with van der Waals surface area (Å²) in [6.45, 7) is 19.5. The van der Waals surface area contributed by atoms with Gasteiger partial charge in [-0.05, 0) is 124 Å². The maximum Gasteiger partial charge on any atom is 0.335 e. The van der Waals surface area contributed by atoms with Gasteiger partial charge in [0.1, 0.15) is 24.7 Å². The average molecular weight is 1060 g/mol. The molecule has 0 amide bonds. The van der Waals surface area contributed by atoms with Crippen LogP contribution in [-0.2, 0) is 57.2 Å². The monoisotopic (exact) mass is 1060 g/mol. The summed E-state index contributed by atoms with van der Waals surface area (Å²) >= 11 is 0. The number of phenolic OH excluding ortho intramolecular Hbond substituents is 1. The van der Waals surface area contributed by atoms with Crippen LogP contribution in [-0.4, -0.2) is 82.1 Å². The van der Waals surface area contributed by atoms with Crippen molar-refractivity contribution in [3.05, 3.63) is 169 Å². The van der Waals surface area contributed by atoms with E-state index in [1.807, 2.05) is 126 Å². The molecule has 0 saturated heterocycles. The minimum absolute atomic E-state index is 0.0590. The van der Waals surface area contributed by atoms with Crippen molar-refractivity contribution in [2.45, 2.75) is 93.9 Å². The summed E-state index contributed by atoms with van der Waals surface area (Å²) in [6, 6.07) is 33.0. The predicted octanol–water partition coefficient (Wildman–Crippen LogP) is 13.3. The first-order valence-electron chi connectivity index (χ1n) is 25.5. The molecule has 1 atom stereocenters. The zero-order chi connectivity index (χ0) is 57.9. The Morgan fingerprint density at radius 2 is 0.961 bits per heavy atom. The molecule has 0 heterocycles. The van der Waals surface area contributed by atoms with Crippen LogP contribution >= 0.6 is 0 Å². The summed E-state index contributed by atoms with van der Waals surface area (Å²) in [5.41, 5.74) is 2.86. The topological polar surface area (TPSA) is 187 Å². The summed E-state index contributed by atoms with van der Waals surface area (Å²) in [5, 5.41) is 8.96. The molecule has 14 heteroatoms. The molecule has 0 bridgehead atoms. The van der Waals surface area contributed by atoms with E-state index in [1.54, 1.807) is 55.7 Å². The Morgan fingerprint density at radius 3 is 1.38 bits per heavy atom. The minimum Gasteiger partial charge on any atom is -0.508 e. The molecule has 0 aliphatic carbocycles. The quantitative estimate of drug-likeness (QED) is 0.0243. The number of hydrogen-bond donors (Lipinski definition) is 1. The smallest absolute Gasteiger partial charge is 0.335 e. The van der Waals surface area contributed by atoms with Crippen molar-refractivity contribution in [1.82, 2.24) is 0 Å². The highest BCUT2D eigenvalue weighted by Crippen LogP contribution is 2.22. The number of phenols is 1. The molecule has 14 nitrogen and oxygen atoms in total. The number of benzene rings is 4. The first-order chi connectivity index (χ1) is 36.7. The predicted molar refractivity (Wildman–Crippen MR) is 305 cm³/mol. The second-order valence-corrected chi connectivity index (χ2v) is 18.0. The van der Waals surface area contributed by atoms with Gasteiger partial charge < -0.3 is 38.3 Å². The van der Waals surface area contributed by atoms with Gasteiger partial charge >= 0.3 is 35.8 Å². The molecule has 0 saturated carbocycles. The molecule has 1 N–H and O–H groups in total. The van der Waals surface area contributed by atoms with Gasteiger partial charge in [-0.25, -0.2) is 19.2 Å². The normalized spacial score (nSPS) is 11.2. The standard InChI is InChI=1S/C18H26O3.C17H22O4.C11H10O2.C10H10O3.C7H14O2/c1-4-6-7-15(5-2)14-21-18(19)13-10-16-8-11-17(20-3)12-9-16;1-4-17(2,3)16(19)21-13-12-20-15(18)11-10-14-8-6-5-7-9-14;1-2-13-11(12)9-8-10-6-4-3-5-7-10;1-13-10(12)7-4-8-2-5-9(11)6-3-8;1-5-7(2,3)6(8)9-4/h8-13,15H,4-7,14H2,1-3H3;5-11H,4,12-13H2,1-3H3;2-9H,1H2;2-7,11H,1H3;5H2,1-4H3/b13-10+;11-10+;9-8+;7-4+;. The Hall–Kier alpha value is -8.00. The summed E-state index contributed by atoms with van der Waals surface area (Å²) in [6.07, 6.45) is 19.4. The van der Waals surface area contributed by atoms with E-state index in [2.05, 4.69) is 34.6 Å². The van der Waals surface area contributed by atoms with E-state index in [0.717, 1.165) is 53.5 Å². The van der Waals surface area contributed by atoms with Crippen LogP contribution in [0, 0.1) is 16.7 Å². The average Bonchev–Trinajstić information content (AvgIpc) is 3.45. The number of aromatic hydroxyl groups is 1. The van der Waals surface area contributed by atoms with E-state index in [1.165, 1.54) is 51.4 Å². The van der Waals surface area contributed by atoms with Gasteiger partial charge in [-0.3, -0.25) is 9.59 Å². The van der Waals surface area contributed by atoms with Crippen LogP contribution in [0.2, 0.25) is 0 Å². The fourth-order valence-electron chi connectivity index (χ4n) is 5.51. The van der Waals surface area contributed by atoms with Crippen molar-refractivity contribution in [3.8, 4) is 11.5 Å². The van der Waals surface area contributed by atoms with E-state index < -0.39 is 23.3 Å². The van der Waals surface area contributed by atoms with Gasteiger partial charge in [0.05, 0.1) is 45.0 Å². The van der Waals surface area contributed by atoms with Crippen molar-refractivity contribution < 1.29 is 67.0 Å². The zero-order valence-electron chi connectivity index (χ0n) is 47.0. The molecule has 0 spiro atoms. The molecule has 4 aromatic rings. The van der Waals surface area contributed by atoms with Crippen molar-refractivity contribution in [3.63, 3.8) is 0 Å². The number of carbonyl (C=O) groups excluding carboxylic acids is 6. The number of hydrogen-bond acceptors (Lipinski definition) is 14. The van der Waals surface area contributed by atoms with Crippen LogP contribution in [0.1, 0.15) is 116 Å². The van der Waals surface area contributed by atoms with E-state index >= 15 is 0 Å². The van der Waals surface area contributed by atoms with Gasteiger partial charge in [0.15, 0.2) is 0 Å². The molecule has 4 rings (SSSR count). The van der Waals surface area contributed by atoms with E-state index in [0.29, 0.717) is 18.9 Å². The molecular formula is C63H82O14. The minimum atomic E-state index is -0.503. The highest BCUT2D eigenvalue weighted by molar-refractivity contribution is 5.88. The van der Waals surface area contributed by atoms with Crippen molar-refractivity contribution in [2.24, 2.45) is 16.7 Å². The number of carbonyl (C=O) groups is 6. The van der Waals surface area contributed by atoms with Crippen molar-refractivity contribution in [1.29, 1.82) is 0 Å². The second-order valence-electron chi connectivity index (χ2n) is 18.0. The van der Waals surface area contributed by atoms with Crippen LogP contribution < -0.4 is 4.74 Å². The third-order valence-electron chi connectivity index (χ3n) is 11.3. The first-order valence-corrected chi connectivity index (χ1v) is 25.5. The zero-order valence-corrected chi connectivity index (χ0v) is 47.0. The van der Waals surface area contributed by atoms with Crippen LogP contribution in [0.4, 0.5) is 0 Å². The Balaban J connectivity index is 0.000000968. The van der Waals surface area contributed by atoms with Crippen LogP contribution in [0.5, 0.6) is 11.5 Å². The molecule has 4 aromatic carbocycles. The summed E-state index contributed by atoms with van der Waals surface area (Å²) < 4.78 is 33.9. The maximum absolute atomic E-state index is 11.7. The van der Waals surface area contributed by atoms with E-state index in [9.17, 15) is 28.8 Å². The Labute approximate surface area is 457 Å². The van der Waals surface area contributed by atoms with Crippen LogP contribution in [0.15, 0.2) is 146 Å². The van der Waals surface area contributed by atoms with Crippen LogP contribution in [0.3, 0.4) is 0 Å². The van der Waals surface area contributed by atoms with Crippen molar-refractivity contribution in [2.75, 3.05) is 41.2 Å². The molecule has 77 heavy (non-hydrogen) atoms. The molecular weight excluding hydrogens is 981 g/mol. The Bertz CT molecular complexity index is 2420. The lowest BCUT2D eigenvalue weighted by Gasteiger charge is -2.20. The lowest BCUT2D eigenvalue weighted by molar-refractivity contribution is -0.158. The number of methoxy groups -OCH3 is 3. The number of rotatable bonds is 23. The second kappa shape index (κ2) is 41.3. The summed E-state index contributed by atoms with van der Waals surface area (Å²) in [5.74, 6) is -0.474. The van der Waals surface area contributed by atoms with Gasteiger partial charge in [-0.15, -0.1) is 0 Å². The first kappa shape index (κ1) is 69.0. The van der Waals surface area contributed by atoms with Gasteiger partial charge in [-0.1, -0.05) is 138 Å². The third-order valence-corrected chi connectivity index (χ3v) is 11.3. The van der Waals surface area contributed by atoms with Gasteiger partial charge in [0, 0.05) is 24.3 Å². The molecule has 0 aliphatic heterocycles. The molecule has 0 aliphatic rings. The molecule has 1 unspecified atom stereocenters. The number of ether oxygens (including phenoxy) is 7. The molecule has 0 radical (unpaired) electrons. The fourth-order valence-corrected chi connectivity index (χ4v) is 5.51. The van der Waals surface area contributed by atoms with E-state index in [4.69, 9.17) is 24.1 Å². The Kier molecular flexibility index (Phi) is 37.0. The number of esters is 6. The Morgan fingerprint density at radius 1 is 0.532 bits per heavy atom. The van der Waals surface area contributed by atoms with E-state index in [-0.39, 0.29) is 42.3 Å². The highest BCUT2D eigenvalue weighted by Gasteiger charge is 2.27. The van der Waals surface area contributed by atoms with Gasteiger partial charge in [0.2, 0.25) is 0 Å². The summed E-state index contributed by atoms with van der Waals surface area (Å²) in [7, 11) is 4.37. The largest absolute Gasteiger partial charge is 0.508 e. The maximum atomic E-state index is 11.7. The number of unbranched alkanes of at least 4 members (excludes halogenated alkanes) is 1. The molecule has 0 fully saturated rings. The van der Waals surface area contributed by atoms with Gasteiger partial charge in [-0.2, -0.15) is 0 Å².